The molecule has 90 heavy (non-hydrogen) atoms. The zero-order valence-corrected chi connectivity index (χ0v) is 52.3. The second-order valence-electron chi connectivity index (χ2n) is 21.9. The molecule has 0 saturated carbocycles. The number of piperazine rings is 2. The molecule has 6 aromatic heterocycles. The van der Waals surface area contributed by atoms with Gasteiger partial charge in [-0.15, -0.1) is 0 Å². The van der Waals surface area contributed by atoms with Crippen LogP contribution >= 0.6 is 11.6 Å². The minimum atomic E-state index is -3.47. The number of pyridine rings is 2. The molecule has 3 N–H and O–H groups in total. The molecule has 0 radical (unpaired) electrons. The molecular weight excluding hydrogens is 1210 g/mol. The maximum Gasteiger partial charge on any atom is 0.233 e. The van der Waals surface area contributed by atoms with E-state index in [1.807, 2.05) is 131 Å². The fourth-order valence-electron chi connectivity index (χ4n) is 10.8. The Morgan fingerprint density at radius 3 is 1.46 bits per heavy atom. The predicted octanol–water partition coefficient (Wildman–Crippen LogP) is 10.2. The molecule has 4 aromatic carbocycles. The molecule has 472 valence electrons. The van der Waals surface area contributed by atoms with Crippen LogP contribution in [0.25, 0.3) is 22.1 Å². The maximum atomic E-state index is 14.0. The van der Waals surface area contributed by atoms with Gasteiger partial charge in [0.2, 0.25) is 31.3 Å². The second-order valence-corrected chi connectivity index (χ2v) is 26.3. The van der Waals surface area contributed by atoms with Crippen molar-refractivity contribution in [1.82, 2.24) is 48.8 Å². The number of anilines is 7. The summed E-state index contributed by atoms with van der Waals surface area (Å²) in [5.41, 5.74) is 14.8. The molecule has 0 amide bonds. The first-order valence-corrected chi connectivity index (χ1v) is 32.9. The molecule has 2 atom stereocenters. The Morgan fingerprint density at radius 2 is 1.00 bits per heavy atom. The number of fused-ring (bicyclic) bond motifs is 2. The summed E-state index contributed by atoms with van der Waals surface area (Å²) in [6, 6.07) is 47.2. The number of nitrogens with two attached hydrogens (primary N) is 1. The van der Waals surface area contributed by atoms with Gasteiger partial charge in [0.15, 0.2) is 0 Å². The number of hydrogen-bond donors (Lipinski definition) is 2. The van der Waals surface area contributed by atoms with Crippen LogP contribution in [0.15, 0.2) is 183 Å². The van der Waals surface area contributed by atoms with E-state index in [2.05, 4.69) is 74.1 Å². The highest BCUT2D eigenvalue weighted by Crippen LogP contribution is 2.28. The summed E-state index contributed by atoms with van der Waals surface area (Å²) in [5, 5.41) is 5.17. The van der Waals surface area contributed by atoms with Crippen LogP contribution in [0.4, 0.5) is 49.1 Å². The van der Waals surface area contributed by atoms with Gasteiger partial charge in [-0.3, -0.25) is 18.4 Å². The fraction of sp³-hybridized carbons (Fsp3) is 0.292. The number of nitrogens with zero attached hydrogens (tertiary/aromatic N) is 14. The van der Waals surface area contributed by atoms with E-state index in [9.17, 15) is 25.6 Å². The van der Waals surface area contributed by atoms with E-state index in [0.29, 0.717) is 55.1 Å². The van der Waals surface area contributed by atoms with E-state index >= 15 is 0 Å². The highest BCUT2D eigenvalue weighted by atomic mass is 35.5. The smallest absolute Gasteiger partial charge is 0.233 e. The Morgan fingerprint density at radius 1 is 0.556 bits per heavy atom. The van der Waals surface area contributed by atoms with Crippen LogP contribution in [-0.4, -0.2) is 157 Å². The Labute approximate surface area is 530 Å². The van der Waals surface area contributed by atoms with Crippen molar-refractivity contribution in [2.24, 2.45) is 0 Å². The number of rotatable bonds is 18. The van der Waals surface area contributed by atoms with Gasteiger partial charge in [-0.2, -0.15) is 9.97 Å². The summed E-state index contributed by atoms with van der Waals surface area (Å²) < 4.78 is 81.6. The van der Waals surface area contributed by atoms with Crippen LogP contribution in [0.3, 0.4) is 0 Å². The number of aromatic nitrogens is 8. The molecule has 8 heterocycles. The summed E-state index contributed by atoms with van der Waals surface area (Å²) in [7, 11) is -3.88. The number of nitrogen functional groups attached to an aromatic ring is 1. The second kappa shape index (κ2) is 29.7. The first kappa shape index (κ1) is 65.6. The summed E-state index contributed by atoms with van der Waals surface area (Å²) in [6.07, 6.45) is 12.6. The molecule has 12 rings (SSSR count). The molecule has 2 saturated heterocycles. The summed E-state index contributed by atoms with van der Waals surface area (Å²) in [4.78, 5) is 34.9. The minimum Gasteiger partial charge on any atom is -0.399 e. The molecule has 2 aliphatic heterocycles. The molecular formula is C65H75ClF2N16O4S2. The van der Waals surface area contributed by atoms with Gasteiger partial charge in [0.25, 0.3) is 0 Å². The lowest BCUT2D eigenvalue weighted by Crippen LogP contribution is -2.53. The number of halogens is 3. The fourth-order valence-corrected chi connectivity index (χ4v) is 11.8. The molecule has 20 nitrogen and oxygen atoms in total. The third-order valence-electron chi connectivity index (χ3n) is 15.8. The van der Waals surface area contributed by atoms with Gasteiger partial charge < -0.3 is 30.0 Å². The Bertz CT molecular complexity index is 4200. The van der Waals surface area contributed by atoms with Crippen molar-refractivity contribution in [3.8, 4) is 0 Å². The van der Waals surface area contributed by atoms with E-state index in [1.165, 1.54) is 29.5 Å². The molecule has 10 aromatic rings. The van der Waals surface area contributed by atoms with Crippen molar-refractivity contribution < 1.29 is 25.6 Å². The van der Waals surface area contributed by atoms with Gasteiger partial charge in [0, 0.05) is 148 Å². The molecule has 0 aliphatic carbocycles. The highest BCUT2D eigenvalue weighted by Gasteiger charge is 2.29. The van der Waals surface area contributed by atoms with Crippen LogP contribution in [0.2, 0.25) is 5.28 Å². The van der Waals surface area contributed by atoms with E-state index in [4.69, 9.17) is 22.3 Å². The Hall–Kier alpha value is -8.81. The zero-order valence-electron chi connectivity index (χ0n) is 49.9. The first-order chi connectivity index (χ1) is 42.9. The third-order valence-corrected chi connectivity index (χ3v) is 18.3. The summed E-state index contributed by atoms with van der Waals surface area (Å²) >= 11 is 5.86. The number of alkyl halides is 2. The average Bonchev–Trinajstić information content (AvgIpc) is 1.66. The van der Waals surface area contributed by atoms with Gasteiger partial charge >= 0.3 is 0 Å². The normalized spacial score (nSPS) is 15.5. The van der Waals surface area contributed by atoms with Crippen molar-refractivity contribution >= 4 is 94.0 Å². The molecule has 2 fully saturated rings. The average molecular weight is 1280 g/mol. The van der Waals surface area contributed by atoms with Crippen LogP contribution in [0.5, 0.6) is 0 Å². The van der Waals surface area contributed by atoms with Crippen molar-refractivity contribution in [3.05, 3.63) is 210 Å². The summed E-state index contributed by atoms with van der Waals surface area (Å²) in [6.45, 7) is 6.40. The van der Waals surface area contributed by atoms with E-state index in [0.717, 1.165) is 101 Å². The molecule has 0 spiro atoms. The van der Waals surface area contributed by atoms with Crippen LogP contribution in [0.1, 0.15) is 29.7 Å². The van der Waals surface area contributed by atoms with Crippen LogP contribution in [-0.2, 0) is 46.2 Å². The van der Waals surface area contributed by atoms with E-state index in [-0.39, 0.29) is 38.1 Å². The highest BCUT2D eigenvalue weighted by molar-refractivity contribution is 7.92. The Kier molecular flexibility index (Phi) is 21.6. The van der Waals surface area contributed by atoms with Crippen LogP contribution in [0, 0.1) is 0 Å². The van der Waals surface area contributed by atoms with E-state index in [1.54, 1.807) is 36.9 Å². The molecule has 25 heteroatoms. The molecule has 0 bridgehead atoms. The van der Waals surface area contributed by atoms with Crippen molar-refractivity contribution in [1.29, 1.82) is 0 Å². The van der Waals surface area contributed by atoms with Crippen molar-refractivity contribution in [2.45, 2.75) is 45.7 Å². The monoisotopic (exact) mass is 1280 g/mol. The summed E-state index contributed by atoms with van der Waals surface area (Å²) in [5.74, 6) is 1.20. The van der Waals surface area contributed by atoms with Gasteiger partial charge in [0.1, 0.15) is 36.3 Å². The maximum absolute atomic E-state index is 14.0. The first-order valence-electron chi connectivity index (χ1n) is 28.9. The van der Waals surface area contributed by atoms with Gasteiger partial charge in [0.05, 0.1) is 37.7 Å². The standard InChI is InChI=1S/C32H35FN8O2S.C18H22FN3.C14H14ClN5O2S.CH4/c1-38(44(2,42)43)30-26(9-6-15-34-30)22-41-16-14-25-20-35-32(37-31(25)41)36-27-10-12-28(13-11-27)40-18-17-39(29(19-33)23-40)21-24-7-4-3-5-8-24;19-12-18-14-22(17-8-6-16(20)7-9-17)11-10-21(18)13-15-4-2-1-3-5-15;1-19(23(2,21)22)12-11(4-3-6-16-12)9-20-7-5-10-8-17-14(15)18-13(10)20;/h3-16,20,29H,17-19,21-23H2,1-2H3,(H,35,36,37);1-9,18H,10-14,20H2;3-8H,9H2,1-2H3;1H4. The number of sulfonamides is 2. The SMILES string of the molecule is C.CN(c1ncccc1Cn1ccc2cnc(Cl)nc21)S(C)(=O)=O.CN(c1ncccc1Cn1ccc2cnc(Nc3ccc(N4CCN(Cc5ccccc5)C(CF)C4)cc3)nc21)S(C)(=O)=O.Nc1ccc(N2CCN(Cc3ccccc3)C(CF)C2)cc1. The quantitative estimate of drug-likeness (QED) is 0.0604. The lowest BCUT2D eigenvalue weighted by Gasteiger charge is -2.41. The predicted molar refractivity (Wildman–Crippen MR) is 358 cm³/mol. The van der Waals surface area contributed by atoms with Gasteiger partial charge in [-0.25, -0.2) is 45.6 Å². The minimum absolute atomic E-state index is 0. The van der Waals surface area contributed by atoms with Crippen LogP contribution < -0.4 is 29.5 Å². The van der Waals surface area contributed by atoms with Gasteiger partial charge in [-0.05, 0) is 95.5 Å². The number of nitrogens with one attached hydrogen (secondary N) is 1. The number of hydrogen-bond acceptors (Lipinski definition) is 16. The zero-order chi connectivity index (χ0) is 62.7. The molecule has 2 unspecified atom stereocenters. The lowest BCUT2D eigenvalue weighted by atomic mass is 10.1. The van der Waals surface area contributed by atoms with Crippen molar-refractivity contribution in [3.63, 3.8) is 0 Å². The van der Waals surface area contributed by atoms with E-state index < -0.39 is 20.0 Å². The van der Waals surface area contributed by atoms with Crippen molar-refractivity contribution in [2.75, 3.05) is 109 Å². The molecule has 2 aliphatic rings. The topological polar surface area (TPSA) is 213 Å². The van der Waals surface area contributed by atoms with Gasteiger partial charge in [-0.1, -0.05) is 80.2 Å². The third kappa shape index (κ3) is 16.5. The Balaban J connectivity index is 0.000000176. The largest absolute Gasteiger partial charge is 0.399 e. The number of benzene rings is 4. The lowest BCUT2D eigenvalue weighted by molar-refractivity contribution is 0.141.